The molecule has 0 aliphatic heterocycles. The Morgan fingerprint density at radius 3 is 1.73 bits per heavy atom. The van der Waals surface area contributed by atoms with Gasteiger partial charge in [0, 0.05) is 0 Å². The molecule has 0 saturated heterocycles. The molecule has 3 aliphatic rings. The molecule has 0 nitrogen and oxygen atoms in total. The van der Waals surface area contributed by atoms with Gasteiger partial charge >= 0.3 is 99.2 Å². The number of aryl methyl sites for hydroxylation is 1. The molecule has 0 bridgehead atoms. The third-order valence-corrected chi connectivity index (χ3v) is 14.1. The van der Waals surface area contributed by atoms with Gasteiger partial charge in [-0.2, -0.15) is 17.6 Å². The van der Waals surface area contributed by atoms with E-state index in [-0.39, 0.29) is 30.2 Å². The number of hydrogen-bond donors (Lipinski definition) is 0. The van der Waals surface area contributed by atoms with Crippen molar-refractivity contribution < 1.29 is 49.0 Å². The second kappa shape index (κ2) is 18.1. The molecule has 0 heterocycles. The van der Waals surface area contributed by atoms with Crippen LogP contribution in [0.5, 0.6) is 0 Å². The van der Waals surface area contributed by atoms with Crippen LogP contribution in [0, 0.1) is 50.0 Å². The topological polar surface area (TPSA) is 0 Å². The molecule has 0 spiro atoms. The van der Waals surface area contributed by atoms with Crippen molar-refractivity contribution in [1.82, 2.24) is 0 Å². The summed E-state index contributed by atoms with van der Waals surface area (Å²) in [4.78, 5) is 0. The van der Waals surface area contributed by atoms with Gasteiger partial charge in [-0.1, -0.05) is 114 Å². The fraction of sp³-hybridized carbons (Fsp3) is 0.346. The van der Waals surface area contributed by atoms with Gasteiger partial charge in [-0.3, -0.25) is 6.08 Å². The van der Waals surface area contributed by atoms with Gasteiger partial charge in [0.05, 0.1) is 0 Å². The van der Waals surface area contributed by atoms with E-state index in [0.29, 0.717) is 23.7 Å². The molecule has 4 atom stereocenters. The molecule has 5 aromatic carbocycles. The summed E-state index contributed by atoms with van der Waals surface area (Å²) in [5.41, 5.74) is 19.5. The van der Waals surface area contributed by atoms with Gasteiger partial charge < -0.3 is 24.8 Å². The van der Waals surface area contributed by atoms with Gasteiger partial charge in [-0.05, 0) is 65.3 Å². The van der Waals surface area contributed by atoms with Crippen molar-refractivity contribution in [3.05, 3.63) is 170 Å². The predicted molar refractivity (Wildman–Crippen MR) is 227 cm³/mol. The molecule has 8 rings (SSSR count). The van der Waals surface area contributed by atoms with E-state index in [1.165, 1.54) is 88.3 Å². The Balaban J connectivity index is 0.000000215. The monoisotopic (exact) mass is 842 g/mol. The van der Waals surface area contributed by atoms with Crippen molar-refractivity contribution in [2.24, 2.45) is 17.3 Å². The molecule has 0 aromatic heterocycles. The Labute approximate surface area is 360 Å². The van der Waals surface area contributed by atoms with E-state index in [4.69, 9.17) is 0 Å². The first-order chi connectivity index (χ1) is 25.1. The third-order valence-electron chi connectivity index (χ3n) is 12.7. The van der Waals surface area contributed by atoms with Gasteiger partial charge in [0.1, 0.15) is 0 Å². The van der Waals surface area contributed by atoms with Crippen LogP contribution in [0.2, 0.25) is 0 Å². The van der Waals surface area contributed by atoms with E-state index < -0.39 is 0 Å². The van der Waals surface area contributed by atoms with Crippen molar-refractivity contribution in [2.75, 3.05) is 0 Å². The van der Waals surface area contributed by atoms with Crippen molar-refractivity contribution in [2.45, 2.75) is 101 Å². The quantitative estimate of drug-likeness (QED) is 0.158. The Kier molecular flexibility index (Phi) is 14.7. The molecule has 0 fully saturated rings. The van der Waals surface area contributed by atoms with Crippen LogP contribution in [0.3, 0.4) is 0 Å². The molecule has 5 aromatic rings. The van der Waals surface area contributed by atoms with Gasteiger partial charge in [-0.15, -0.1) is 24.5 Å². The van der Waals surface area contributed by atoms with Crippen molar-refractivity contribution in [3.8, 4) is 11.1 Å². The van der Waals surface area contributed by atoms with E-state index in [2.05, 4.69) is 186 Å². The first kappa shape index (κ1) is 44.8. The summed E-state index contributed by atoms with van der Waals surface area (Å²) in [6.45, 7) is 28.0. The SMILES string of the molecule is CC1=CC[C-]=C1C(C)(C)C.Cc1cc2c(c(C)c1C)C(C)c1c3c(c4ccccc4c1-2)C(C)C(C)C(C)[C-]3C.[Cl-].[Cl-].[Zr+2]=[C](c1ccccc1)c1ccccc1. The molecular formula is C52H58Cl2Zr-2. The number of rotatable bonds is 2. The van der Waals surface area contributed by atoms with Crippen molar-refractivity contribution in [1.29, 1.82) is 0 Å². The van der Waals surface area contributed by atoms with Gasteiger partial charge in [0.25, 0.3) is 0 Å². The second-order valence-electron chi connectivity index (χ2n) is 16.9. The van der Waals surface area contributed by atoms with Crippen LogP contribution < -0.4 is 24.8 Å². The van der Waals surface area contributed by atoms with Crippen LogP contribution in [-0.4, -0.2) is 3.21 Å². The van der Waals surface area contributed by atoms with E-state index in [0.717, 1.165) is 6.42 Å². The molecule has 4 unspecified atom stereocenters. The summed E-state index contributed by atoms with van der Waals surface area (Å²) in [5, 5.41) is 2.93. The Hall–Kier alpha value is -2.96. The molecule has 0 N–H and O–H groups in total. The zero-order chi connectivity index (χ0) is 38.4. The minimum absolute atomic E-state index is 0. The zero-order valence-corrected chi connectivity index (χ0v) is 39.0. The molecule has 3 heteroatoms. The number of benzene rings is 5. The van der Waals surface area contributed by atoms with Crippen LogP contribution in [0.15, 0.2) is 108 Å². The average molecular weight is 845 g/mol. The maximum absolute atomic E-state index is 3.37. The summed E-state index contributed by atoms with van der Waals surface area (Å²) < 4.78 is 1.42. The molecule has 0 radical (unpaired) electrons. The fourth-order valence-electron chi connectivity index (χ4n) is 9.22. The van der Waals surface area contributed by atoms with Gasteiger partial charge in [-0.25, -0.2) is 11.1 Å². The normalized spacial score (nSPS) is 19.2. The van der Waals surface area contributed by atoms with Crippen molar-refractivity contribution >= 4 is 14.0 Å². The minimum atomic E-state index is 0. The zero-order valence-electron chi connectivity index (χ0n) is 35.0. The first-order valence-corrected chi connectivity index (χ1v) is 20.9. The predicted octanol–water partition coefficient (Wildman–Crippen LogP) is 8.15. The maximum atomic E-state index is 3.37. The van der Waals surface area contributed by atoms with E-state index in [1.807, 2.05) is 0 Å². The number of halogens is 2. The first-order valence-electron chi connectivity index (χ1n) is 19.7. The average Bonchev–Trinajstić information content (AvgIpc) is 3.73. The van der Waals surface area contributed by atoms with Crippen LogP contribution in [0.4, 0.5) is 0 Å². The molecular weight excluding hydrogens is 787 g/mol. The summed E-state index contributed by atoms with van der Waals surface area (Å²) in [5.74, 6) is 3.94. The van der Waals surface area contributed by atoms with E-state index >= 15 is 0 Å². The van der Waals surface area contributed by atoms with E-state index in [1.54, 1.807) is 28.2 Å². The summed E-state index contributed by atoms with van der Waals surface area (Å²) in [6, 6.07) is 32.8. The van der Waals surface area contributed by atoms with E-state index in [9.17, 15) is 0 Å². The summed E-state index contributed by atoms with van der Waals surface area (Å²) >= 11 is 1.46. The molecule has 0 saturated carbocycles. The molecule has 3 aliphatic carbocycles. The fourth-order valence-corrected chi connectivity index (χ4v) is 10.0. The van der Waals surface area contributed by atoms with Crippen LogP contribution in [-0.2, 0) is 24.2 Å². The van der Waals surface area contributed by atoms with Crippen LogP contribution in [0.25, 0.3) is 21.9 Å². The Morgan fingerprint density at radius 2 is 1.24 bits per heavy atom. The van der Waals surface area contributed by atoms with Crippen LogP contribution >= 0.6 is 0 Å². The Morgan fingerprint density at radius 1 is 0.709 bits per heavy atom. The number of hydrogen-bond acceptors (Lipinski definition) is 0. The number of fused-ring (bicyclic) bond motifs is 8. The summed E-state index contributed by atoms with van der Waals surface area (Å²) in [6.07, 6.45) is 6.62. The Bertz CT molecular complexity index is 2180. The van der Waals surface area contributed by atoms with Crippen molar-refractivity contribution in [3.63, 3.8) is 0 Å². The van der Waals surface area contributed by atoms with Gasteiger partial charge in [0.2, 0.25) is 0 Å². The number of allylic oxidation sites excluding steroid dienone is 4. The summed E-state index contributed by atoms with van der Waals surface area (Å²) in [7, 11) is 0. The standard InChI is InChI=1S/C29H33.C13H10.C10H15.2ClH.Zr/c1-14-13-24-25(18(5)15(14)2)21(8)28-27-20(7)17(4)16(3)19(6)26(27)22-11-9-10-12-23(22)29(24)28;1-3-7-12(8-4-1)11-13-9-5-2-6-10-13;1-8-6-5-7-9(8)10(2,3)4;;;/h9-13,16-17,19,21H,1-8H3;1-10H;6H,5H2,1-4H3;2*1H;/q-1;;-1;;;+2/p-2. The van der Waals surface area contributed by atoms with Crippen LogP contribution in [0.1, 0.15) is 131 Å². The molecule has 286 valence electrons. The van der Waals surface area contributed by atoms with Gasteiger partial charge in [0.15, 0.2) is 0 Å². The molecule has 55 heavy (non-hydrogen) atoms. The molecule has 0 amide bonds. The third kappa shape index (κ3) is 8.52. The second-order valence-corrected chi connectivity index (χ2v) is 18.1.